The summed E-state index contributed by atoms with van der Waals surface area (Å²) >= 11 is 0. The minimum absolute atomic E-state index is 0.463. The second-order valence-electron chi connectivity index (χ2n) is 6.69. The van der Waals surface area contributed by atoms with Crippen molar-refractivity contribution in [2.24, 2.45) is 5.92 Å². The molecule has 0 amide bonds. The van der Waals surface area contributed by atoms with Crippen LogP contribution in [0.5, 0.6) is 5.75 Å². The van der Waals surface area contributed by atoms with Gasteiger partial charge in [-0.15, -0.1) is 0 Å². The van der Waals surface area contributed by atoms with Crippen molar-refractivity contribution in [1.82, 2.24) is 10.2 Å². The van der Waals surface area contributed by atoms with Crippen LogP contribution in [-0.4, -0.2) is 38.7 Å². The fraction of sp³-hybridized carbons (Fsp3) is 0.667. The van der Waals surface area contributed by atoms with Gasteiger partial charge < -0.3 is 15.0 Å². The van der Waals surface area contributed by atoms with Crippen LogP contribution in [0.4, 0.5) is 0 Å². The largest absolute Gasteiger partial charge is 0.497 e. The van der Waals surface area contributed by atoms with Gasteiger partial charge in [0.2, 0.25) is 0 Å². The third-order valence-electron chi connectivity index (χ3n) is 4.67. The zero-order chi connectivity index (χ0) is 15.4. The van der Waals surface area contributed by atoms with Gasteiger partial charge in [-0.05, 0) is 62.5 Å². The maximum Gasteiger partial charge on any atom is 0.119 e. The van der Waals surface area contributed by atoms with Crippen molar-refractivity contribution in [2.75, 3.05) is 27.7 Å². The summed E-state index contributed by atoms with van der Waals surface area (Å²) in [6.07, 6.45) is 3.68. The number of aryl methyl sites for hydroxylation is 1. The van der Waals surface area contributed by atoms with Gasteiger partial charge in [-0.1, -0.05) is 19.9 Å². The van der Waals surface area contributed by atoms with E-state index >= 15 is 0 Å². The molecule has 2 atom stereocenters. The summed E-state index contributed by atoms with van der Waals surface area (Å²) in [5.41, 5.74) is 2.91. The zero-order valence-electron chi connectivity index (χ0n) is 14.1. The number of nitrogens with zero attached hydrogens (tertiary/aromatic N) is 1. The van der Waals surface area contributed by atoms with E-state index < -0.39 is 0 Å². The van der Waals surface area contributed by atoms with Gasteiger partial charge in [-0.25, -0.2) is 0 Å². The molecule has 0 aromatic heterocycles. The number of ether oxygens (including phenoxy) is 1. The molecule has 0 saturated carbocycles. The fourth-order valence-electron chi connectivity index (χ4n) is 3.39. The zero-order valence-corrected chi connectivity index (χ0v) is 14.1. The molecule has 0 radical (unpaired) electrons. The molecule has 0 spiro atoms. The summed E-state index contributed by atoms with van der Waals surface area (Å²) in [5, 5.41) is 3.79. The fourth-order valence-corrected chi connectivity index (χ4v) is 3.39. The predicted molar refractivity (Wildman–Crippen MR) is 89.0 cm³/mol. The Kier molecular flexibility index (Phi) is 5.65. The summed E-state index contributed by atoms with van der Waals surface area (Å²) in [6, 6.07) is 7.56. The van der Waals surface area contributed by atoms with Crippen LogP contribution in [-0.2, 0) is 6.42 Å². The van der Waals surface area contributed by atoms with Gasteiger partial charge in [0.15, 0.2) is 0 Å². The Morgan fingerprint density at radius 3 is 2.71 bits per heavy atom. The molecule has 0 aliphatic heterocycles. The Bertz CT molecular complexity index is 449. The van der Waals surface area contributed by atoms with Crippen LogP contribution in [0.25, 0.3) is 0 Å². The number of fused-ring (bicyclic) bond motifs is 1. The molecule has 2 rings (SSSR count). The first-order chi connectivity index (χ1) is 10.0. The van der Waals surface area contributed by atoms with Crippen LogP contribution in [0.1, 0.15) is 43.9 Å². The first-order valence-corrected chi connectivity index (χ1v) is 8.09. The lowest BCUT2D eigenvalue weighted by Crippen LogP contribution is -2.43. The van der Waals surface area contributed by atoms with E-state index in [-0.39, 0.29) is 0 Å². The smallest absolute Gasteiger partial charge is 0.119 e. The number of nitrogens with one attached hydrogen (secondary N) is 1. The SMILES string of the molecule is COc1ccc2c(c1)C(NCC(C(C)C)N(C)C)CCC2. The van der Waals surface area contributed by atoms with E-state index in [2.05, 4.69) is 56.4 Å². The number of rotatable bonds is 6. The monoisotopic (exact) mass is 290 g/mol. The standard InChI is InChI=1S/C18H30N2O/c1-13(2)18(20(3)4)12-19-17-8-6-7-14-9-10-15(21-5)11-16(14)17/h9-11,13,17-19H,6-8,12H2,1-5H3. The second-order valence-corrected chi connectivity index (χ2v) is 6.69. The molecule has 1 N–H and O–H groups in total. The van der Waals surface area contributed by atoms with Crippen molar-refractivity contribution >= 4 is 0 Å². The Hall–Kier alpha value is -1.06. The van der Waals surface area contributed by atoms with Crippen molar-refractivity contribution in [3.63, 3.8) is 0 Å². The molecular weight excluding hydrogens is 260 g/mol. The second kappa shape index (κ2) is 7.28. The molecule has 0 bridgehead atoms. The molecule has 1 aromatic carbocycles. The summed E-state index contributed by atoms with van der Waals surface area (Å²) in [7, 11) is 6.09. The van der Waals surface area contributed by atoms with Crippen LogP contribution in [0.3, 0.4) is 0 Å². The van der Waals surface area contributed by atoms with Gasteiger partial charge in [0, 0.05) is 18.6 Å². The maximum absolute atomic E-state index is 5.39. The molecule has 0 fully saturated rings. The lowest BCUT2D eigenvalue weighted by Gasteiger charge is -2.32. The van der Waals surface area contributed by atoms with Crippen LogP contribution in [0.2, 0.25) is 0 Å². The Labute approximate surface area is 129 Å². The normalized spacial score (nSPS) is 19.7. The molecule has 118 valence electrons. The van der Waals surface area contributed by atoms with Crippen molar-refractivity contribution in [3.8, 4) is 5.75 Å². The summed E-state index contributed by atoms with van der Waals surface area (Å²) < 4.78 is 5.39. The highest BCUT2D eigenvalue weighted by molar-refractivity contribution is 5.39. The number of likely N-dealkylation sites (N-methyl/N-ethyl adjacent to an activating group) is 1. The third kappa shape index (κ3) is 3.98. The van der Waals surface area contributed by atoms with Crippen molar-refractivity contribution in [1.29, 1.82) is 0 Å². The van der Waals surface area contributed by atoms with Crippen molar-refractivity contribution < 1.29 is 4.74 Å². The van der Waals surface area contributed by atoms with Gasteiger partial charge in [-0.2, -0.15) is 0 Å². The van der Waals surface area contributed by atoms with E-state index in [1.165, 1.54) is 30.4 Å². The number of hydrogen-bond acceptors (Lipinski definition) is 3. The highest BCUT2D eigenvalue weighted by Gasteiger charge is 2.23. The average Bonchev–Trinajstić information content (AvgIpc) is 2.46. The summed E-state index contributed by atoms with van der Waals surface area (Å²) in [4.78, 5) is 2.33. The van der Waals surface area contributed by atoms with Gasteiger partial charge in [-0.3, -0.25) is 0 Å². The minimum atomic E-state index is 0.463. The van der Waals surface area contributed by atoms with E-state index in [0.29, 0.717) is 18.0 Å². The number of hydrogen-bond donors (Lipinski definition) is 1. The summed E-state index contributed by atoms with van der Waals surface area (Å²) in [5.74, 6) is 1.62. The molecule has 0 heterocycles. The van der Waals surface area contributed by atoms with E-state index in [9.17, 15) is 0 Å². The van der Waals surface area contributed by atoms with Crippen LogP contribution in [0, 0.1) is 5.92 Å². The molecule has 1 aliphatic rings. The molecule has 0 saturated heterocycles. The summed E-state index contributed by atoms with van der Waals surface area (Å²) in [6.45, 7) is 5.63. The molecular formula is C18H30N2O. The quantitative estimate of drug-likeness (QED) is 0.870. The lowest BCUT2D eigenvalue weighted by atomic mass is 9.87. The van der Waals surface area contributed by atoms with E-state index in [1.54, 1.807) is 7.11 Å². The van der Waals surface area contributed by atoms with Crippen molar-refractivity contribution in [3.05, 3.63) is 29.3 Å². The molecule has 1 aliphatic carbocycles. The van der Waals surface area contributed by atoms with Gasteiger partial charge in [0.1, 0.15) is 5.75 Å². The molecule has 1 aromatic rings. The van der Waals surface area contributed by atoms with Crippen LogP contribution < -0.4 is 10.1 Å². The first-order valence-electron chi connectivity index (χ1n) is 8.09. The predicted octanol–water partition coefficient (Wildman–Crippen LogP) is 3.25. The topological polar surface area (TPSA) is 24.5 Å². The van der Waals surface area contributed by atoms with E-state index in [0.717, 1.165) is 12.3 Å². The average molecular weight is 290 g/mol. The van der Waals surface area contributed by atoms with Crippen LogP contribution in [0.15, 0.2) is 18.2 Å². The molecule has 2 unspecified atom stereocenters. The Morgan fingerprint density at radius 1 is 1.33 bits per heavy atom. The van der Waals surface area contributed by atoms with E-state index in [4.69, 9.17) is 4.74 Å². The third-order valence-corrected chi connectivity index (χ3v) is 4.67. The van der Waals surface area contributed by atoms with Crippen molar-refractivity contribution in [2.45, 2.75) is 45.2 Å². The lowest BCUT2D eigenvalue weighted by molar-refractivity contribution is 0.216. The molecule has 21 heavy (non-hydrogen) atoms. The van der Waals surface area contributed by atoms with Gasteiger partial charge >= 0.3 is 0 Å². The highest BCUT2D eigenvalue weighted by Crippen LogP contribution is 2.32. The Morgan fingerprint density at radius 2 is 2.10 bits per heavy atom. The first kappa shape index (κ1) is 16.3. The number of benzene rings is 1. The van der Waals surface area contributed by atoms with Crippen LogP contribution >= 0.6 is 0 Å². The van der Waals surface area contributed by atoms with E-state index in [1.807, 2.05) is 0 Å². The molecule has 3 heteroatoms. The Balaban J connectivity index is 2.09. The maximum atomic E-state index is 5.39. The minimum Gasteiger partial charge on any atom is -0.497 e. The highest BCUT2D eigenvalue weighted by atomic mass is 16.5. The molecule has 3 nitrogen and oxygen atoms in total. The van der Waals surface area contributed by atoms with Gasteiger partial charge in [0.25, 0.3) is 0 Å². The number of methoxy groups -OCH3 is 1. The van der Waals surface area contributed by atoms with Gasteiger partial charge in [0.05, 0.1) is 7.11 Å².